The van der Waals surface area contributed by atoms with E-state index in [-0.39, 0.29) is 23.6 Å². The number of carbonyl (C=O) groups is 2. The minimum atomic E-state index is -0.278. The molecule has 1 saturated heterocycles. The van der Waals surface area contributed by atoms with Crippen molar-refractivity contribution in [2.75, 3.05) is 13.1 Å². The van der Waals surface area contributed by atoms with Crippen molar-refractivity contribution in [3.63, 3.8) is 0 Å². The van der Waals surface area contributed by atoms with E-state index in [9.17, 15) is 9.59 Å². The van der Waals surface area contributed by atoms with Crippen molar-refractivity contribution in [3.8, 4) is 0 Å². The molecule has 1 N–H and O–H groups in total. The van der Waals surface area contributed by atoms with E-state index in [1.807, 2.05) is 31.2 Å². The first-order valence-corrected chi connectivity index (χ1v) is 9.36. The van der Waals surface area contributed by atoms with Gasteiger partial charge in [-0.25, -0.2) is 4.68 Å². The van der Waals surface area contributed by atoms with Gasteiger partial charge >= 0.3 is 0 Å². The number of thiophene rings is 1. The highest BCUT2D eigenvalue weighted by molar-refractivity contribution is 7.13. The van der Waals surface area contributed by atoms with Crippen LogP contribution in [0.4, 0.5) is 0 Å². The van der Waals surface area contributed by atoms with Crippen LogP contribution in [-0.2, 0) is 6.54 Å². The van der Waals surface area contributed by atoms with Gasteiger partial charge in [0.1, 0.15) is 0 Å². The Bertz CT molecular complexity index is 961. The molecule has 27 heavy (non-hydrogen) atoms. The summed E-state index contributed by atoms with van der Waals surface area (Å²) in [4.78, 5) is 32.2. The zero-order chi connectivity index (χ0) is 18.8. The summed E-state index contributed by atoms with van der Waals surface area (Å²) in [7, 11) is 0. The van der Waals surface area contributed by atoms with Gasteiger partial charge in [-0.1, -0.05) is 5.21 Å². The summed E-state index contributed by atoms with van der Waals surface area (Å²) in [5.74, 6) is -0.237. The minimum Gasteiger partial charge on any atom is -0.347 e. The summed E-state index contributed by atoms with van der Waals surface area (Å²) < 4.78 is 1.66. The molecule has 9 heteroatoms. The molecule has 1 aliphatic rings. The predicted octanol–water partition coefficient (Wildman–Crippen LogP) is 1.67. The number of rotatable bonds is 5. The van der Waals surface area contributed by atoms with Gasteiger partial charge in [0.15, 0.2) is 5.69 Å². The van der Waals surface area contributed by atoms with E-state index in [0.717, 1.165) is 15.3 Å². The van der Waals surface area contributed by atoms with E-state index in [0.29, 0.717) is 19.6 Å². The zero-order valence-corrected chi connectivity index (χ0v) is 15.5. The lowest BCUT2D eigenvalue weighted by molar-refractivity contribution is 0.0503. The molecule has 0 unspecified atom stereocenters. The summed E-state index contributed by atoms with van der Waals surface area (Å²) in [5, 5.41) is 10.8. The Labute approximate surface area is 159 Å². The van der Waals surface area contributed by atoms with Crippen LogP contribution in [0.5, 0.6) is 0 Å². The van der Waals surface area contributed by atoms with E-state index in [2.05, 4.69) is 20.6 Å². The number of carbonyl (C=O) groups excluding carboxylic acids is 2. The van der Waals surface area contributed by atoms with Crippen LogP contribution in [0.25, 0.3) is 0 Å². The van der Waals surface area contributed by atoms with Gasteiger partial charge in [0.25, 0.3) is 11.8 Å². The third kappa shape index (κ3) is 3.72. The van der Waals surface area contributed by atoms with Crippen LogP contribution >= 0.6 is 11.3 Å². The molecule has 3 aromatic rings. The summed E-state index contributed by atoms with van der Waals surface area (Å²) in [6, 6.07) is 7.53. The Morgan fingerprint density at radius 2 is 2.00 bits per heavy atom. The Balaban J connectivity index is 1.31. The molecule has 0 saturated carbocycles. The molecular formula is C18H18N6O2S. The fourth-order valence-electron chi connectivity index (χ4n) is 2.83. The molecule has 0 bridgehead atoms. The Kier molecular flexibility index (Phi) is 4.68. The molecular weight excluding hydrogens is 364 g/mol. The van der Waals surface area contributed by atoms with Gasteiger partial charge in [-0.3, -0.25) is 14.6 Å². The molecule has 4 rings (SSSR count). The lowest BCUT2D eigenvalue weighted by Crippen LogP contribution is -2.50. The first kappa shape index (κ1) is 17.3. The van der Waals surface area contributed by atoms with Crippen LogP contribution in [0.15, 0.2) is 42.9 Å². The molecule has 0 atom stereocenters. The van der Waals surface area contributed by atoms with Crippen molar-refractivity contribution >= 4 is 23.2 Å². The maximum Gasteiger partial charge on any atom is 0.273 e. The van der Waals surface area contributed by atoms with Crippen molar-refractivity contribution in [1.82, 2.24) is 30.2 Å². The summed E-state index contributed by atoms with van der Waals surface area (Å²) in [5.41, 5.74) is 1.23. The van der Waals surface area contributed by atoms with Crippen LogP contribution in [-0.4, -0.2) is 49.8 Å². The average Bonchev–Trinajstić information content (AvgIpc) is 3.29. The molecule has 0 radical (unpaired) electrons. The summed E-state index contributed by atoms with van der Waals surface area (Å²) >= 11 is 1.50. The van der Waals surface area contributed by atoms with E-state index < -0.39 is 0 Å². The first-order chi connectivity index (χ1) is 13.1. The SMILES string of the molecule is Cc1ccc(C(=O)N2CC(n3cc(C(=O)NCc4ccncc4)nn3)C2)s1. The fraction of sp³-hybridized carbons (Fsp3) is 0.278. The molecule has 2 amide bonds. The molecule has 0 aromatic carbocycles. The smallest absolute Gasteiger partial charge is 0.273 e. The van der Waals surface area contributed by atoms with Crippen molar-refractivity contribution in [1.29, 1.82) is 0 Å². The number of aryl methyl sites for hydroxylation is 1. The number of hydrogen-bond donors (Lipinski definition) is 1. The fourth-order valence-corrected chi connectivity index (χ4v) is 3.66. The average molecular weight is 382 g/mol. The van der Waals surface area contributed by atoms with E-state index in [1.165, 1.54) is 11.3 Å². The van der Waals surface area contributed by atoms with E-state index >= 15 is 0 Å². The molecule has 8 nitrogen and oxygen atoms in total. The van der Waals surface area contributed by atoms with Gasteiger partial charge in [-0.2, -0.15) is 0 Å². The maximum atomic E-state index is 12.4. The number of hydrogen-bond acceptors (Lipinski definition) is 6. The van der Waals surface area contributed by atoms with Gasteiger partial charge in [0.2, 0.25) is 0 Å². The number of nitrogens with one attached hydrogen (secondary N) is 1. The highest BCUT2D eigenvalue weighted by Gasteiger charge is 2.34. The molecule has 1 aliphatic heterocycles. The summed E-state index contributed by atoms with van der Waals surface area (Å²) in [6.07, 6.45) is 4.99. The molecule has 1 fully saturated rings. The van der Waals surface area contributed by atoms with Gasteiger partial charge < -0.3 is 10.2 Å². The highest BCUT2D eigenvalue weighted by Crippen LogP contribution is 2.25. The second-order valence-corrected chi connectivity index (χ2v) is 7.68. The quantitative estimate of drug-likeness (QED) is 0.725. The van der Waals surface area contributed by atoms with Crippen LogP contribution < -0.4 is 5.32 Å². The van der Waals surface area contributed by atoms with Crippen molar-refractivity contribution < 1.29 is 9.59 Å². The molecule has 138 valence electrons. The van der Waals surface area contributed by atoms with Crippen LogP contribution in [0.2, 0.25) is 0 Å². The molecule has 0 spiro atoms. The standard InChI is InChI=1S/C18H18N6O2S/c1-12-2-3-16(27-12)18(26)23-9-14(10-23)24-11-15(21-22-24)17(25)20-8-13-4-6-19-7-5-13/h2-7,11,14H,8-10H2,1H3,(H,20,25). The molecule has 0 aliphatic carbocycles. The van der Waals surface area contributed by atoms with Crippen LogP contribution in [0.3, 0.4) is 0 Å². The predicted molar refractivity (Wildman–Crippen MR) is 99.4 cm³/mol. The first-order valence-electron chi connectivity index (χ1n) is 8.55. The van der Waals surface area contributed by atoms with E-state index in [1.54, 1.807) is 28.2 Å². The third-order valence-corrected chi connectivity index (χ3v) is 5.41. The van der Waals surface area contributed by atoms with Gasteiger partial charge in [0.05, 0.1) is 17.1 Å². The van der Waals surface area contributed by atoms with Gasteiger partial charge in [-0.15, -0.1) is 16.4 Å². The van der Waals surface area contributed by atoms with Gasteiger partial charge in [-0.05, 0) is 36.8 Å². The summed E-state index contributed by atoms with van der Waals surface area (Å²) in [6.45, 7) is 3.52. The van der Waals surface area contributed by atoms with Crippen molar-refractivity contribution in [2.24, 2.45) is 0 Å². The Hall–Kier alpha value is -3.07. The van der Waals surface area contributed by atoms with Crippen molar-refractivity contribution in [3.05, 3.63) is 63.9 Å². The normalized spacial score (nSPS) is 14.0. The number of nitrogens with zero attached hydrogens (tertiary/aromatic N) is 5. The van der Waals surface area contributed by atoms with Crippen LogP contribution in [0.1, 0.15) is 36.6 Å². The number of aromatic nitrogens is 4. The molecule has 4 heterocycles. The largest absolute Gasteiger partial charge is 0.347 e. The zero-order valence-electron chi connectivity index (χ0n) is 14.7. The maximum absolute atomic E-state index is 12.4. The number of likely N-dealkylation sites (tertiary alicyclic amines) is 1. The molecule has 3 aromatic heterocycles. The number of amides is 2. The lowest BCUT2D eigenvalue weighted by Gasteiger charge is -2.38. The van der Waals surface area contributed by atoms with Crippen molar-refractivity contribution in [2.45, 2.75) is 19.5 Å². The topological polar surface area (TPSA) is 93.0 Å². The second kappa shape index (κ2) is 7.28. The Morgan fingerprint density at radius 3 is 2.70 bits per heavy atom. The highest BCUT2D eigenvalue weighted by atomic mass is 32.1. The van der Waals surface area contributed by atoms with Crippen LogP contribution in [0, 0.1) is 6.92 Å². The Morgan fingerprint density at radius 1 is 1.22 bits per heavy atom. The number of pyridine rings is 1. The monoisotopic (exact) mass is 382 g/mol. The third-order valence-electron chi connectivity index (χ3n) is 4.42. The minimum absolute atomic E-state index is 0.0415. The van der Waals surface area contributed by atoms with E-state index in [4.69, 9.17) is 0 Å². The second-order valence-electron chi connectivity index (χ2n) is 6.40. The van der Waals surface area contributed by atoms with Gasteiger partial charge in [0, 0.05) is 36.9 Å². The lowest BCUT2D eigenvalue weighted by atomic mass is 10.1.